The van der Waals surface area contributed by atoms with Crippen LogP contribution in [0.2, 0.25) is 0 Å². The number of aliphatic hydroxyl groups excluding tert-OH is 1. The Balaban J connectivity index is 1.57. The van der Waals surface area contributed by atoms with Crippen molar-refractivity contribution in [2.75, 3.05) is 31.1 Å². The van der Waals surface area contributed by atoms with Crippen LogP contribution in [0.4, 0.5) is 5.69 Å². The number of para-hydroxylation sites is 1. The van der Waals surface area contributed by atoms with Gasteiger partial charge in [0.25, 0.3) is 0 Å². The summed E-state index contributed by atoms with van der Waals surface area (Å²) >= 11 is 0. The van der Waals surface area contributed by atoms with Gasteiger partial charge in [-0.25, -0.2) is 0 Å². The number of unbranched alkanes of at least 4 members (excludes halogenated alkanes) is 3. The van der Waals surface area contributed by atoms with Gasteiger partial charge in [-0.1, -0.05) is 76.1 Å². The summed E-state index contributed by atoms with van der Waals surface area (Å²) in [5.41, 5.74) is -2.02. The van der Waals surface area contributed by atoms with Crippen molar-refractivity contribution in [2.24, 2.45) is 17.3 Å². The summed E-state index contributed by atoms with van der Waals surface area (Å²) in [5, 5.41) is 9.24. The summed E-state index contributed by atoms with van der Waals surface area (Å²) in [6, 6.07) is 8.66. The lowest BCUT2D eigenvalue weighted by Crippen LogP contribution is -2.60. The van der Waals surface area contributed by atoms with Crippen molar-refractivity contribution in [1.82, 2.24) is 9.80 Å². The zero-order valence-corrected chi connectivity index (χ0v) is 26.7. The molecule has 0 radical (unpaired) electrons. The first-order chi connectivity index (χ1) is 20.3. The van der Waals surface area contributed by atoms with Crippen LogP contribution in [-0.4, -0.2) is 81.7 Å². The number of fused-ring (bicyclic) bond motifs is 2. The standard InChI is InChI=1S/C35H49N3O5/c1-32(2,3)24-33(4,5)38-22-15-19-35-27(30(41)37(28(35)31(38)42)20-12-7-8-13-23-39)26-29(40)36(25-16-10-9-11-17-25)21-14-18-34(26,6)43-35/h9-11,14-19,26-28,39H,7-8,12-13,20-24H2,1-6H3/t26-,27+,28?,34+,35+/m1/s1. The molecule has 2 fully saturated rings. The van der Waals surface area contributed by atoms with Crippen molar-refractivity contribution < 1.29 is 24.2 Å². The highest BCUT2D eigenvalue weighted by molar-refractivity contribution is 6.04. The van der Waals surface area contributed by atoms with Crippen LogP contribution in [0.1, 0.15) is 73.6 Å². The monoisotopic (exact) mass is 591 g/mol. The molecule has 3 amide bonds. The Hall–Kier alpha value is -2.97. The Morgan fingerprint density at radius 2 is 1.53 bits per heavy atom. The Kier molecular flexibility index (Phi) is 8.42. The molecule has 8 heteroatoms. The second kappa shape index (κ2) is 11.5. The van der Waals surface area contributed by atoms with E-state index in [4.69, 9.17) is 4.74 Å². The van der Waals surface area contributed by atoms with Crippen LogP contribution < -0.4 is 4.90 Å². The maximum absolute atomic E-state index is 14.8. The van der Waals surface area contributed by atoms with Crippen molar-refractivity contribution >= 4 is 23.4 Å². The number of hydrogen-bond acceptors (Lipinski definition) is 5. The van der Waals surface area contributed by atoms with Crippen molar-refractivity contribution in [1.29, 1.82) is 0 Å². The van der Waals surface area contributed by atoms with E-state index in [0.29, 0.717) is 32.5 Å². The number of carbonyl (C=O) groups excluding carboxylic acids is 3. The van der Waals surface area contributed by atoms with Gasteiger partial charge in [0.1, 0.15) is 11.6 Å². The first-order valence-corrected chi connectivity index (χ1v) is 15.9. The molecule has 4 aliphatic rings. The second-order valence-corrected chi connectivity index (χ2v) is 14.8. The van der Waals surface area contributed by atoms with Crippen molar-refractivity contribution in [2.45, 2.75) is 96.4 Å². The maximum atomic E-state index is 14.8. The van der Waals surface area contributed by atoms with Crippen molar-refractivity contribution in [3.8, 4) is 0 Å². The predicted octanol–water partition coefficient (Wildman–Crippen LogP) is 4.73. The van der Waals surface area contributed by atoms with Gasteiger partial charge in [-0.3, -0.25) is 14.4 Å². The Labute approximate surface area is 256 Å². The molecule has 0 bridgehead atoms. The highest BCUT2D eigenvalue weighted by Gasteiger charge is 2.75. The summed E-state index contributed by atoms with van der Waals surface area (Å²) in [5.74, 6) is -2.08. The average molecular weight is 592 g/mol. The molecule has 5 atom stereocenters. The Bertz CT molecular complexity index is 1280. The maximum Gasteiger partial charge on any atom is 0.249 e. The molecular weight excluding hydrogens is 542 g/mol. The van der Waals surface area contributed by atoms with E-state index in [9.17, 15) is 19.5 Å². The number of anilines is 1. The van der Waals surface area contributed by atoms with E-state index in [1.165, 1.54) is 0 Å². The third kappa shape index (κ3) is 5.57. The minimum Gasteiger partial charge on any atom is -0.396 e. The highest BCUT2D eigenvalue weighted by Crippen LogP contribution is 2.58. The molecule has 2 saturated heterocycles. The minimum atomic E-state index is -1.26. The van der Waals surface area contributed by atoms with E-state index < -0.39 is 34.6 Å². The first kappa shape index (κ1) is 31.5. The summed E-state index contributed by atoms with van der Waals surface area (Å²) in [4.78, 5) is 49.2. The SMILES string of the molecule is CC(C)(C)CC(C)(C)N1CC=C[C@]23O[C@@]4(C)C=CCN(c5ccccc5)C(=O)[C@H]4[C@H]2C(=O)N(CCCCCCO)C3C1=O. The topological polar surface area (TPSA) is 90.4 Å². The number of hydrogen-bond donors (Lipinski definition) is 1. The summed E-state index contributed by atoms with van der Waals surface area (Å²) in [7, 11) is 0. The van der Waals surface area contributed by atoms with Gasteiger partial charge in [-0.2, -0.15) is 0 Å². The number of likely N-dealkylation sites (tertiary alicyclic amines) is 1. The normalized spacial score (nSPS) is 30.8. The predicted molar refractivity (Wildman–Crippen MR) is 167 cm³/mol. The molecule has 4 heterocycles. The van der Waals surface area contributed by atoms with Crippen LogP contribution >= 0.6 is 0 Å². The number of benzene rings is 1. The van der Waals surface area contributed by atoms with Crippen molar-refractivity contribution in [3.05, 3.63) is 54.6 Å². The van der Waals surface area contributed by atoms with Gasteiger partial charge >= 0.3 is 0 Å². The highest BCUT2D eigenvalue weighted by atomic mass is 16.5. The number of ether oxygens (including phenoxy) is 1. The molecule has 1 N–H and O–H groups in total. The smallest absolute Gasteiger partial charge is 0.249 e. The van der Waals surface area contributed by atoms with Gasteiger partial charge in [0.2, 0.25) is 17.7 Å². The fraction of sp³-hybridized carbons (Fsp3) is 0.629. The zero-order valence-electron chi connectivity index (χ0n) is 26.7. The molecule has 8 nitrogen and oxygen atoms in total. The molecule has 1 aromatic carbocycles. The Morgan fingerprint density at radius 3 is 2.21 bits per heavy atom. The van der Waals surface area contributed by atoms with Crippen LogP contribution in [0.5, 0.6) is 0 Å². The molecule has 5 rings (SSSR count). The van der Waals surface area contributed by atoms with Crippen LogP contribution in [0.15, 0.2) is 54.6 Å². The number of carbonyl (C=O) groups is 3. The van der Waals surface area contributed by atoms with Crippen LogP contribution in [0.3, 0.4) is 0 Å². The van der Waals surface area contributed by atoms with E-state index >= 15 is 0 Å². The summed E-state index contributed by atoms with van der Waals surface area (Å²) in [6.45, 7) is 13.9. The van der Waals surface area contributed by atoms with Crippen LogP contribution in [-0.2, 0) is 19.1 Å². The molecule has 1 spiro atoms. The summed E-state index contributed by atoms with van der Waals surface area (Å²) < 4.78 is 7.00. The van der Waals surface area contributed by atoms with E-state index in [2.05, 4.69) is 34.6 Å². The van der Waals surface area contributed by atoms with Gasteiger partial charge in [-0.05, 0) is 57.6 Å². The average Bonchev–Trinajstić information content (AvgIpc) is 3.18. The number of aliphatic hydroxyl groups is 1. The lowest BCUT2D eigenvalue weighted by atomic mass is 9.74. The molecule has 4 aliphatic heterocycles. The lowest BCUT2D eigenvalue weighted by molar-refractivity contribution is -0.155. The van der Waals surface area contributed by atoms with Crippen molar-refractivity contribution in [3.63, 3.8) is 0 Å². The molecular formula is C35H49N3O5. The van der Waals surface area contributed by atoms with Gasteiger partial charge in [-0.15, -0.1) is 0 Å². The fourth-order valence-corrected chi connectivity index (χ4v) is 8.29. The molecule has 1 aromatic rings. The van der Waals surface area contributed by atoms with E-state index in [1.807, 2.05) is 66.5 Å². The molecule has 0 aromatic heterocycles. The molecule has 43 heavy (non-hydrogen) atoms. The number of rotatable bonds is 9. The van der Waals surface area contributed by atoms with Crippen LogP contribution in [0.25, 0.3) is 0 Å². The van der Waals surface area contributed by atoms with Gasteiger partial charge in [0, 0.05) is 37.5 Å². The number of nitrogens with zero attached hydrogens (tertiary/aromatic N) is 3. The van der Waals surface area contributed by atoms with E-state index in [0.717, 1.165) is 24.9 Å². The first-order valence-electron chi connectivity index (χ1n) is 15.9. The van der Waals surface area contributed by atoms with E-state index in [-0.39, 0.29) is 29.7 Å². The van der Waals surface area contributed by atoms with Gasteiger partial charge in [0.15, 0.2) is 0 Å². The minimum absolute atomic E-state index is 0.0133. The largest absolute Gasteiger partial charge is 0.396 e. The van der Waals surface area contributed by atoms with Crippen LogP contribution in [0, 0.1) is 17.3 Å². The quantitative estimate of drug-likeness (QED) is 0.331. The fourth-order valence-electron chi connectivity index (χ4n) is 8.29. The molecule has 0 saturated carbocycles. The lowest BCUT2D eigenvalue weighted by Gasteiger charge is -2.44. The van der Waals surface area contributed by atoms with E-state index in [1.54, 1.807) is 9.80 Å². The van der Waals surface area contributed by atoms with Gasteiger partial charge in [0.05, 0.1) is 17.4 Å². The zero-order chi connectivity index (χ0) is 31.2. The van der Waals surface area contributed by atoms with Gasteiger partial charge < -0.3 is 24.5 Å². The third-order valence-corrected chi connectivity index (χ3v) is 9.63. The molecule has 0 aliphatic carbocycles. The summed E-state index contributed by atoms with van der Waals surface area (Å²) in [6.07, 6.45) is 11.7. The molecule has 1 unspecified atom stereocenters. The third-order valence-electron chi connectivity index (χ3n) is 9.63. The second-order valence-electron chi connectivity index (χ2n) is 14.8. The molecule has 234 valence electrons. The number of amides is 3. The Morgan fingerprint density at radius 1 is 0.860 bits per heavy atom.